The standard InChI is InChI=1S/C22H23N3O5/c1-14(27)23-16-9-7-15(8-10-16)19-20(24(2)11-12-26)22(29)25(21(19)28)17-5-4-6-18(13-17)30-3/h4-10,13,26H,11-12H2,1-3H3,(H,23,27). The zero-order valence-electron chi connectivity index (χ0n) is 17.0. The molecule has 2 aromatic carbocycles. The van der Waals surface area contributed by atoms with Gasteiger partial charge in [-0.2, -0.15) is 0 Å². The second-order valence-corrected chi connectivity index (χ2v) is 6.77. The van der Waals surface area contributed by atoms with Gasteiger partial charge in [0.05, 0.1) is 25.0 Å². The number of carbonyl (C=O) groups excluding carboxylic acids is 3. The fourth-order valence-corrected chi connectivity index (χ4v) is 3.30. The summed E-state index contributed by atoms with van der Waals surface area (Å²) in [5, 5.41) is 12.0. The Labute approximate surface area is 174 Å². The lowest BCUT2D eigenvalue weighted by Crippen LogP contribution is -2.34. The van der Waals surface area contributed by atoms with E-state index in [1.165, 1.54) is 14.0 Å². The lowest BCUT2D eigenvalue weighted by Gasteiger charge is -2.20. The first-order chi connectivity index (χ1) is 14.4. The van der Waals surface area contributed by atoms with Crippen LogP contribution in [0.5, 0.6) is 5.75 Å². The second kappa shape index (κ2) is 8.79. The van der Waals surface area contributed by atoms with Crippen LogP contribution in [0.1, 0.15) is 12.5 Å². The average Bonchev–Trinajstić information content (AvgIpc) is 2.98. The number of imide groups is 1. The molecular formula is C22H23N3O5. The number of anilines is 2. The Kier molecular flexibility index (Phi) is 6.17. The van der Waals surface area contributed by atoms with Crippen LogP contribution in [0.15, 0.2) is 54.2 Å². The number of methoxy groups -OCH3 is 1. The van der Waals surface area contributed by atoms with Gasteiger partial charge in [-0.3, -0.25) is 14.4 Å². The number of likely N-dealkylation sites (N-methyl/N-ethyl adjacent to an activating group) is 1. The van der Waals surface area contributed by atoms with Crippen molar-refractivity contribution in [2.45, 2.75) is 6.92 Å². The monoisotopic (exact) mass is 409 g/mol. The summed E-state index contributed by atoms with van der Waals surface area (Å²) >= 11 is 0. The number of nitrogens with one attached hydrogen (secondary N) is 1. The molecule has 0 spiro atoms. The number of aliphatic hydroxyl groups excluding tert-OH is 1. The van der Waals surface area contributed by atoms with E-state index in [2.05, 4.69) is 5.32 Å². The molecule has 156 valence electrons. The number of hydrogen-bond acceptors (Lipinski definition) is 6. The summed E-state index contributed by atoms with van der Waals surface area (Å²) < 4.78 is 5.21. The quantitative estimate of drug-likeness (QED) is 0.678. The zero-order valence-corrected chi connectivity index (χ0v) is 17.0. The third-order valence-electron chi connectivity index (χ3n) is 4.68. The Morgan fingerprint density at radius 3 is 2.43 bits per heavy atom. The van der Waals surface area contributed by atoms with Gasteiger partial charge in [0.25, 0.3) is 11.8 Å². The van der Waals surface area contributed by atoms with Crippen LogP contribution in [0.4, 0.5) is 11.4 Å². The van der Waals surface area contributed by atoms with Crippen molar-refractivity contribution in [3.63, 3.8) is 0 Å². The maximum Gasteiger partial charge on any atom is 0.282 e. The van der Waals surface area contributed by atoms with Crippen molar-refractivity contribution >= 4 is 34.7 Å². The van der Waals surface area contributed by atoms with Gasteiger partial charge in [0, 0.05) is 32.3 Å². The average molecular weight is 409 g/mol. The molecule has 0 unspecified atom stereocenters. The predicted molar refractivity (Wildman–Crippen MR) is 113 cm³/mol. The molecule has 0 bridgehead atoms. The van der Waals surface area contributed by atoms with E-state index in [4.69, 9.17) is 4.74 Å². The summed E-state index contributed by atoms with van der Waals surface area (Å²) in [5.41, 5.74) is 1.94. The molecule has 0 fully saturated rings. The first-order valence-corrected chi connectivity index (χ1v) is 9.34. The van der Waals surface area contributed by atoms with Crippen molar-refractivity contribution in [1.82, 2.24) is 4.90 Å². The number of carbonyl (C=O) groups is 3. The smallest absolute Gasteiger partial charge is 0.282 e. The molecule has 8 heteroatoms. The van der Waals surface area contributed by atoms with Gasteiger partial charge in [-0.25, -0.2) is 4.90 Å². The van der Waals surface area contributed by atoms with Crippen LogP contribution < -0.4 is 15.0 Å². The maximum absolute atomic E-state index is 13.3. The van der Waals surface area contributed by atoms with Gasteiger partial charge in [-0.15, -0.1) is 0 Å². The zero-order chi connectivity index (χ0) is 21.8. The number of rotatable bonds is 7. The van der Waals surface area contributed by atoms with Crippen molar-refractivity contribution < 1.29 is 24.2 Å². The van der Waals surface area contributed by atoms with E-state index in [0.29, 0.717) is 22.7 Å². The molecule has 2 aromatic rings. The highest BCUT2D eigenvalue weighted by Crippen LogP contribution is 2.35. The summed E-state index contributed by atoms with van der Waals surface area (Å²) in [5.74, 6) is -0.640. The third-order valence-corrected chi connectivity index (χ3v) is 4.68. The highest BCUT2D eigenvalue weighted by Gasteiger charge is 2.41. The van der Waals surface area contributed by atoms with Gasteiger partial charge in [-0.05, 0) is 29.8 Å². The van der Waals surface area contributed by atoms with Gasteiger partial charge < -0.3 is 20.1 Å². The molecule has 0 aromatic heterocycles. The van der Waals surface area contributed by atoms with E-state index in [1.54, 1.807) is 60.5 Å². The minimum Gasteiger partial charge on any atom is -0.497 e. The summed E-state index contributed by atoms with van der Waals surface area (Å²) in [4.78, 5) is 40.5. The first-order valence-electron chi connectivity index (χ1n) is 9.34. The molecule has 1 heterocycles. The molecule has 0 aliphatic carbocycles. The van der Waals surface area contributed by atoms with Crippen LogP contribution in [0.3, 0.4) is 0 Å². The largest absolute Gasteiger partial charge is 0.497 e. The van der Waals surface area contributed by atoms with E-state index in [9.17, 15) is 19.5 Å². The van der Waals surface area contributed by atoms with Crippen LogP contribution in [-0.4, -0.2) is 55.0 Å². The molecule has 3 rings (SSSR count). The van der Waals surface area contributed by atoms with Gasteiger partial charge >= 0.3 is 0 Å². The Bertz CT molecular complexity index is 1010. The molecule has 0 atom stereocenters. The number of nitrogens with zero attached hydrogens (tertiary/aromatic N) is 2. The van der Waals surface area contributed by atoms with Gasteiger partial charge in [0.2, 0.25) is 5.91 Å². The molecule has 8 nitrogen and oxygen atoms in total. The Morgan fingerprint density at radius 2 is 1.83 bits per heavy atom. The molecule has 1 aliphatic heterocycles. The lowest BCUT2D eigenvalue weighted by atomic mass is 10.0. The number of amides is 3. The number of aliphatic hydroxyl groups is 1. The predicted octanol–water partition coefficient (Wildman–Crippen LogP) is 1.86. The maximum atomic E-state index is 13.3. The molecule has 0 saturated carbocycles. The topological polar surface area (TPSA) is 99.2 Å². The second-order valence-electron chi connectivity index (χ2n) is 6.77. The van der Waals surface area contributed by atoms with E-state index in [1.807, 2.05) is 0 Å². The molecular weight excluding hydrogens is 386 g/mol. The molecule has 0 radical (unpaired) electrons. The lowest BCUT2D eigenvalue weighted by molar-refractivity contribution is -0.120. The number of hydrogen-bond donors (Lipinski definition) is 2. The van der Waals surface area contributed by atoms with Crippen LogP contribution in [0.25, 0.3) is 5.57 Å². The van der Waals surface area contributed by atoms with E-state index >= 15 is 0 Å². The van der Waals surface area contributed by atoms with E-state index in [0.717, 1.165) is 4.90 Å². The van der Waals surface area contributed by atoms with E-state index < -0.39 is 11.8 Å². The number of benzene rings is 2. The van der Waals surface area contributed by atoms with Crippen LogP contribution >= 0.6 is 0 Å². The van der Waals surface area contributed by atoms with Gasteiger partial charge in [0.1, 0.15) is 11.4 Å². The fraction of sp³-hybridized carbons (Fsp3) is 0.227. The van der Waals surface area contributed by atoms with Crippen LogP contribution in [0.2, 0.25) is 0 Å². The normalized spacial score (nSPS) is 13.7. The molecule has 3 amide bonds. The summed E-state index contributed by atoms with van der Waals surface area (Å²) in [7, 11) is 3.16. The van der Waals surface area contributed by atoms with Crippen molar-refractivity contribution in [3.8, 4) is 5.75 Å². The summed E-state index contributed by atoms with van der Waals surface area (Å²) in [6.07, 6.45) is 0. The molecule has 30 heavy (non-hydrogen) atoms. The fourth-order valence-electron chi connectivity index (χ4n) is 3.30. The molecule has 0 saturated heterocycles. The Morgan fingerprint density at radius 1 is 1.13 bits per heavy atom. The molecule has 2 N–H and O–H groups in total. The molecule has 1 aliphatic rings. The highest BCUT2D eigenvalue weighted by atomic mass is 16.5. The minimum absolute atomic E-state index is 0.171. The van der Waals surface area contributed by atoms with Gasteiger partial charge in [0.15, 0.2) is 0 Å². The Hall–Kier alpha value is -3.65. The van der Waals surface area contributed by atoms with Crippen molar-refractivity contribution in [1.29, 1.82) is 0 Å². The van der Waals surface area contributed by atoms with E-state index in [-0.39, 0.29) is 30.3 Å². The van der Waals surface area contributed by atoms with Crippen LogP contribution in [0, 0.1) is 0 Å². The SMILES string of the molecule is COc1cccc(N2C(=O)C(c3ccc(NC(C)=O)cc3)=C(N(C)CCO)C2=O)c1. The minimum atomic E-state index is -0.481. The summed E-state index contributed by atoms with van der Waals surface area (Å²) in [6, 6.07) is 13.4. The number of ether oxygens (including phenoxy) is 1. The first kappa shape index (κ1) is 21.1. The Balaban J connectivity index is 2.07. The highest BCUT2D eigenvalue weighted by molar-refractivity contribution is 6.45. The van der Waals surface area contributed by atoms with Crippen LogP contribution in [-0.2, 0) is 14.4 Å². The van der Waals surface area contributed by atoms with Gasteiger partial charge in [-0.1, -0.05) is 18.2 Å². The van der Waals surface area contributed by atoms with Crippen molar-refractivity contribution in [2.24, 2.45) is 0 Å². The van der Waals surface area contributed by atoms with Crippen molar-refractivity contribution in [2.75, 3.05) is 37.5 Å². The third kappa shape index (κ3) is 4.04. The summed E-state index contributed by atoms with van der Waals surface area (Å²) in [6.45, 7) is 1.42. The van der Waals surface area contributed by atoms with Crippen molar-refractivity contribution in [3.05, 3.63) is 59.8 Å².